The minimum Gasteiger partial charge on any atom is -0.480 e. The zero-order valence-electron chi connectivity index (χ0n) is 17.6. The number of hydrogen-bond donors (Lipinski definition) is 3. The first-order valence-electron chi connectivity index (χ1n) is 8.92. The topological polar surface area (TPSA) is 105 Å². The first-order valence-corrected chi connectivity index (χ1v) is 12.6. The van der Waals surface area contributed by atoms with E-state index in [1.165, 1.54) is 0 Å². The van der Waals surface area contributed by atoms with E-state index >= 15 is 0 Å². The Morgan fingerprint density at radius 1 is 0.962 bits per heavy atom. The number of aliphatic carboxylic acids is 1. The average Bonchev–Trinajstić information content (AvgIpc) is 2.31. The monoisotopic (exact) mass is 388 g/mol. The van der Waals surface area contributed by atoms with Gasteiger partial charge in [-0.3, -0.25) is 4.79 Å². The number of carboxylic acids is 1. The van der Waals surface area contributed by atoms with Crippen LogP contribution in [0.5, 0.6) is 0 Å². The summed E-state index contributed by atoms with van der Waals surface area (Å²) < 4.78 is 5.23. The Labute approximate surface area is 158 Å². The molecule has 0 unspecified atom stereocenters. The van der Waals surface area contributed by atoms with Crippen LogP contribution in [0.1, 0.15) is 48.0 Å². The van der Waals surface area contributed by atoms with E-state index < -0.39 is 43.7 Å². The molecule has 0 saturated heterocycles. The Bertz CT molecular complexity index is 515. The van der Waals surface area contributed by atoms with Crippen LogP contribution in [0.25, 0.3) is 0 Å². The fourth-order valence-electron chi connectivity index (χ4n) is 2.36. The lowest BCUT2D eigenvalue weighted by Gasteiger charge is -2.29. The maximum absolute atomic E-state index is 12.7. The van der Waals surface area contributed by atoms with Crippen molar-refractivity contribution >= 4 is 26.0 Å². The van der Waals surface area contributed by atoms with E-state index in [-0.39, 0.29) is 5.41 Å². The second-order valence-electron chi connectivity index (χ2n) is 10.1. The normalized spacial score (nSPS) is 15.0. The number of hydrogen-bond acceptors (Lipinski definition) is 4. The van der Waals surface area contributed by atoms with E-state index in [9.17, 15) is 19.5 Å². The Kier molecular flexibility index (Phi) is 8.34. The van der Waals surface area contributed by atoms with Gasteiger partial charge in [0.15, 0.2) is 0 Å². The molecule has 0 spiro atoms. The van der Waals surface area contributed by atoms with Crippen molar-refractivity contribution in [2.75, 3.05) is 0 Å². The second-order valence-corrected chi connectivity index (χ2v) is 15.7. The molecule has 0 aromatic carbocycles. The van der Waals surface area contributed by atoms with Crippen LogP contribution in [0, 0.1) is 5.41 Å². The zero-order chi connectivity index (χ0) is 20.9. The maximum atomic E-state index is 12.7. The van der Waals surface area contributed by atoms with Crippen molar-refractivity contribution in [3.8, 4) is 0 Å². The predicted molar refractivity (Wildman–Crippen MR) is 105 cm³/mol. The number of carbonyl (C=O) groups excluding carboxylic acids is 2. The summed E-state index contributed by atoms with van der Waals surface area (Å²) >= 11 is 0. The van der Waals surface area contributed by atoms with Gasteiger partial charge in [0, 0.05) is 8.07 Å². The number of nitrogens with one attached hydrogen (secondary N) is 2. The first-order chi connectivity index (χ1) is 11.4. The van der Waals surface area contributed by atoms with Gasteiger partial charge < -0.3 is 20.5 Å². The standard InChI is InChI=1S/C18H36N2O5Si/c1-17(2,3)10-12(15(22)23)19-14(21)13(11-26(7,8)9)20-16(24)25-18(4,5)6/h12-13H,10-11H2,1-9H3,(H,19,21)(H,20,24)(H,22,23)/t12-,13+/m0/s1. The van der Waals surface area contributed by atoms with Gasteiger partial charge in [0.2, 0.25) is 5.91 Å². The highest BCUT2D eigenvalue weighted by atomic mass is 28.3. The van der Waals surface area contributed by atoms with Crippen LogP contribution in [-0.2, 0) is 14.3 Å². The van der Waals surface area contributed by atoms with Gasteiger partial charge in [-0.2, -0.15) is 0 Å². The van der Waals surface area contributed by atoms with Crippen molar-refractivity contribution in [3.05, 3.63) is 0 Å². The minimum atomic E-state index is -1.71. The molecule has 8 heteroatoms. The van der Waals surface area contributed by atoms with Gasteiger partial charge in [-0.1, -0.05) is 40.4 Å². The lowest BCUT2D eigenvalue weighted by molar-refractivity contribution is -0.142. The molecule has 0 aliphatic carbocycles. The summed E-state index contributed by atoms with van der Waals surface area (Å²) in [6.07, 6.45) is -0.390. The molecule has 3 N–H and O–H groups in total. The first kappa shape index (κ1) is 24.4. The molecule has 0 heterocycles. The van der Waals surface area contributed by atoms with E-state index in [1.807, 2.05) is 20.8 Å². The van der Waals surface area contributed by atoms with Crippen molar-refractivity contribution < 1.29 is 24.2 Å². The number of carboxylic acid groups (broad SMARTS) is 1. The van der Waals surface area contributed by atoms with Crippen LogP contribution in [0.2, 0.25) is 25.7 Å². The van der Waals surface area contributed by atoms with Crippen LogP contribution >= 0.6 is 0 Å². The van der Waals surface area contributed by atoms with Gasteiger partial charge in [-0.25, -0.2) is 9.59 Å². The van der Waals surface area contributed by atoms with Crippen LogP contribution in [0.4, 0.5) is 4.79 Å². The van der Waals surface area contributed by atoms with Crippen molar-refractivity contribution in [2.45, 2.75) is 91.3 Å². The van der Waals surface area contributed by atoms with Gasteiger partial charge in [0.25, 0.3) is 0 Å². The number of alkyl carbamates (subject to hydrolysis) is 1. The molecule has 2 amide bonds. The number of ether oxygens (including phenoxy) is 1. The summed E-state index contributed by atoms with van der Waals surface area (Å²) in [5, 5.41) is 14.6. The average molecular weight is 389 g/mol. The zero-order valence-corrected chi connectivity index (χ0v) is 18.6. The molecule has 2 atom stereocenters. The lowest BCUT2D eigenvalue weighted by atomic mass is 9.88. The quantitative estimate of drug-likeness (QED) is 0.581. The molecule has 0 fully saturated rings. The van der Waals surface area contributed by atoms with Gasteiger partial charge in [0.05, 0.1) is 0 Å². The summed E-state index contributed by atoms with van der Waals surface area (Å²) in [6.45, 7) is 17.2. The lowest BCUT2D eigenvalue weighted by Crippen LogP contribution is -2.54. The third-order valence-corrected chi connectivity index (χ3v) is 4.89. The molecule has 0 aliphatic heterocycles. The molecule has 26 heavy (non-hydrogen) atoms. The molecule has 0 radical (unpaired) electrons. The minimum absolute atomic E-state index is 0.261. The molecule has 152 valence electrons. The highest BCUT2D eigenvalue weighted by Crippen LogP contribution is 2.21. The molecule has 0 saturated carbocycles. The highest BCUT2D eigenvalue weighted by molar-refractivity contribution is 6.76. The molecular weight excluding hydrogens is 352 g/mol. The SMILES string of the molecule is CC(C)(C)C[C@H](NC(=O)[C@@H](C[Si](C)(C)C)NC(=O)OC(C)(C)C)C(=O)O. The van der Waals surface area contributed by atoms with E-state index in [2.05, 4.69) is 30.3 Å². The van der Waals surface area contributed by atoms with Crippen LogP contribution in [0.15, 0.2) is 0 Å². The third-order valence-electron chi connectivity index (χ3n) is 3.26. The molecule has 7 nitrogen and oxygen atoms in total. The van der Waals surface area contributed by atoms with Crippen molar-refractivity contribution in [1.29, 1.82) is 0 Å². The largest absolute Gasteiger partial charge is 0.480 e. The molecule has 0 aliphatic rings. The molecule has 0 aromatic rings. The van der Waals surface area contributed by atoms with E-state index in [4.69, 9.17) is 4.74 Å². The van der Waals surface area contributed by atoms with Gasteiger partial charge in [0.1, 0.15) is 17.7 Å². The van der Waals surface area contributed by atoms with Gasteiger partial charge >= 0.3 is 12.1 Å². The van der Waals surface area contributed by atoms with Crippen LogP contribution < -0.4 is 10.6 Å². The highest BCUT2D eigenvalue weighted by Gasteiger charge is 2.33. The van der Waals surface area contributed by atoms with E-state index in [1.54, 1.807) is 20.8 Å². The summed E-state index contributed by atoms with van der Waals surface area (Å²) in [7, 11) is -1.71. The fourth-order valence-corrected chi connectivity index (χ4v) is 3.87. The predicted octanol–water partition coefficient (Wildman–Crippen LogP) is 3.22. The maximum Gasteiger partial charge on any atom is 0.408 e. The van der Waals surface area contributed by atoms with Crippen LogP contribution in [-0.4, -0.2) is 48.8 Å². The Morgan fingerprint density at radius 3 is 1.81 bits per heavy atom. The third kappa shape index (κ3) is 11.9. The molecular formula is C18H36N2O5Si. The molecule has 0 aromatic heterocycles. The summed E-state index contributed by atoms with van der Waals surface area (Å²) in [5.41, 5.74) is -0.941. The summed E-state index contributed by atoms with van der Waals surface area (Å²) in [6, 6.07) is -1.34. The Morgan fingerprint density at radius 2 is 1.46 bits per heavy atom. The van der Waals surface area contributed by atoms with E-state index in [0.29, 0.717) is 12.5 Å². The second kappa shape index (κ2) is 8.88. The van der Waals surface area contributed by atoms with Gasteiger partial charge in [-0.05, 0) is 38.7 Å². The summed E-state index contributed by atoms with van der Waals surface area (Å²) in [4.78, 5) is 36.3. The Hall–Kier alpha value is -1.57. The van der Waals surface area contributed by atoms with Crippen LogP contribution in [0.3, 0.4) is 0 Å². The number of amides is 2. The molecule has 0 rings (SSSR count). The summed E-state index contributed by atoms with van der Waals surface area (Å²) in [5.74, 6) is -1.58. The van der Waals surface area contributed by atoms with Crippen molar-refractivity contribution in [3.63, 3.8) is 0 Å². The van der Waals surface area contributed by atoms with Crippen molar-refractivity contribution in [1.82, 2.24) is 10.6 Å². The van der Waals surface area contributed by atoms with Gasteiger partial charge in [-0.15, -0.1) is 0 Å². The number of rotatable bonds is 7. The van der Waals surface area contributed by atoms with Crippen molar-refractivity contribution in [2.24, 2.45) is 5.41 Å². The van der Waals surface area contributed by atoms with E-state index in [0.717, 1.165) is 0 Å². The number of carbonyl (C=O) groups is 3. The fraction of sp³-hybridized carbons (Fsp3) is 0.833. The smallest absolute Gasteiger partial charge is 0.408 e. The molecule has 0 bridgehead atoms. The Balaban J connectivity index is 5.25.